The highest BCUT2D eigenvalue weighted by Crippen LogP contribution is 2.30. The average molecular weight is 394 g/mol. The fourth-order valence-corrected chi connectivity index (χ4v) is 3.46. The van der Waals surface area contributed by atoms with Crippen molar-refractivity contribution in [1.29, 1.82) is 0 Å². The van der Waals surface area contributed by atoms with Gasteiger partial charge in [0.25, 0.3) is 0 Å². The highest BCUT2D eigenvalue weighted by molar-refractivity contribution is 6.33. The third-order valence-electron chi connectivity index (χ3n) is 4.74. The van der Waals surface area contributed by atoms with Crippen molar-refractivity contribution in [1.82, 2.24) is 4.90 Å². The Morgan fingerprint density at radius 2 is 1.74 bits per heavy atom. The number of nitrogens with one attached hydrogen (secondary N) is 1. The summed E-state index contributed by atoms with van der Waals surface area (Å²) in [7, 11) is 0. The molecule has 1 aliphatic rings. The number of carbonyl (C=O) groups excluding carboxylic acids is 2. The Labute approximate surface area is 168 Å². The van der Waals surface area contributed by atoms with Crippen molar-refractivity contribution in [3.05, 3.63) is 23.2 Å². The molecule has 1 aromatic carbocycles. The van der Waals surface area contributed by atoms with Gasteiger partial charge in [0.15, 0.2) is 0 Å². The summed E-state index contributed by atoms with van der Waals surface area (Å²) in [6.07, 6.45) is 1.99. The zero-order valence-corrected chi connectivity index (χ0v) is 17.7. The van der Waals surface area contributed by atoms with E-state index in [0.29, 0.717) is 29.7 Å². The molecule has 1 aliphatic heterocycles. The molecule has 150 valence electrons. The Morgan fingerprint density at radius 1 is 1.07 bits per heavy atom. The molecule has 0 aromatic heterocycles. The summed E-state index contributed by atoms with van der Waals surface area (Å²) in [6.45, 7) is 11.3. The van der Waals surface area contributed by atoms with Gasteiger partial charge in [0.2, 0.25) is 11.8 Å². The summed E-state index contributed by atoms with van der Waals surface area (Å²) in [4.78, 5) is 28.3. The molecule has 0 atom stereocenters. The number of anilines is 2. The van der Waals surface area contributed by atoms with E-state index >= 15 is 0 Å². The van der Waals surface area contributed by atoms with Crippen LogP contribution in [0.2, 0.25) is 5.02 Å². The highest BCUT2D eigenvalue weighted by atomic mass is 35.5. The van der Waals surface area contributed by atoms with E-state index in [0.717, 1.165) is 44.0 Å². The standard InChI is InChI=1S/C21H32ClN3O2/c1-15(2)5-8-20(26)23-17-6-7-19(18(22)14-17)24-9-11-25(12-10-24)21(27)13-16(3)4/h6-7,14-16H,5,8-13H2,1-4H3,(H,23,26). The second kappa shape index (κ2) is 9.98. The van der Waals surface area contributed by atoms with E-state index in [1.807, 2.05) is 17.0 Å². The lowest BCUT2D eigenvalue weighted by Crippen LogP contribution is -2.49. The lowest BCUT2D eigenvalue weighted by atomic mass is 10.1. The van der Waals surface area contributed by atoms with Gasteiger partial charge in [-0.15, -0.1) is 0 Å². The summed E-state index contributed by atoms with van der Waals surface area (Å²) >= 11 is 6.47. The van der Waals surface area contributed by atoms with Crippen LogP contribution in [0.1, 0.15) is 47.0 Å². The predicted octanol–water partition coefficient (Wildman–Crippen LogP) is 4.41. The van der Waals surface area contributed by atoms with E-state index in [-0.39, 0.29) is 11.8 Å². The third kappa shape index (κ3) is 6.73. The smallest absolute Gasteiger partial charge is 0.224 e. The molecule has 0 saturated carbocycles. The molecule has 0 unspecified atom stereocenters. The van der Waals surface area contributed by atoms with Gasteiger partial charge in [-0.2, -0.15) is 0 Å². The topological polar surface area (TPSA) is 52.7 Å². The molecule has 1 heterocycles. The lowest BCUT2D eigenvalue weighted by Gasteiger charge is -2.36. The minimum absolute atomic E-state index is 0.0183. The van der Waals surface area contributed by atoms with Gasteiger partial charge in [-0.3, -0.25) is 9.59 Å². The monoisotopic (exact) mass is 393 g/mol. The van der Waals surface area contributed by atoms with Crippen LogP contribution >= 0.6 is 11.6 Å². The summed E-state index contributed by atoms with van der Waals surface area (Å²) in [5.41, 5.74) is 1.68. The molecule has 1 fully saturated rings. The minimum atomic E-state index is 0.0183. The van der Waals surface area contributed by atoms with Crippen LogP contribution in [0.3, 0.4) is 0 Å². The van der Waals surface area contributed by atoms with Crippen molar-refractivity contribution in [2.24, 2.45) is 11.8 Å². The fraction of sp³-hybridized carbons (Fsp3) is 0.619. The average Bonchev–Trinajstić information content (AvgIpc) is 2.60. The van der Waals surface area contributed by atoms with Crippen LogP contribution in [-0.2, 0) is 9.59 Å². The van der Waals surface area contributed by atoms with Gasteiger partial charge in [0.05, 0.1) is 10.7 Å². The third-order valence-corrected chi connectivity index (χ3v) is 5.04. The highest BCUT2D eigenvalue weighted by Gasteiger charge is 2.23. The van der Waals surface area contributed by atoms with Gasteiger partial charge in [-0.1, -0.05) is 39.3 Å². The van der Waals surface area contributed by atoms with Crippen molar-refractivity contribution < 1.29 is 9.59 Å². The number of halogens is 1. The van der Waals surface area contributed by atoms with Crippen molar-refractivity contribution in [2.75, 3.05) is 36.4 Å². The number of carbonyl (C=O) groups is 2. The van der Waals surface area contributed by atoms with E-state index in [9.17, 15) is 9.59 Å². The predicted molar refractivity (Wildman–Crippen MR) is 112 cm³/mol. The van der Waals surface area contributed by atoms with Crippen LogP contribution < -0.4 is 10.2 Å². The summed E-state index contributed by atoms with van der Waals surface area (Å²) in [6, 6.07) is 5.65. The number of rotatable bonds is 7. The molecular formula is C21H32ClN3O2. The first-order valence-corrected chi connectivity index (χ1v) is 10.3. The molecule has 1 saturated heterocycles. The van der Waals surface area contributed by atoms with Crippen molar-refractivity contribution in [3.8, 4) is 0 Å². The number of benzene rings is 1. The van der Waals surface area contributed by atoms with Gasteiger partial charge in [-0.05, 0) is 36.5 Å². The number of piperazine rings is 1. The van der Waals surface area contributed by atoms with Gasteiger partial charge in [0.1, 0.15) is 0 Å². The molecule has 2 rings (SSSR count). The Hall–Kier alpha value is -1.75. The zero-order valence-electron chi connectivity index (χ0n) is 16.9. The molecule has 0 spiro atoms. The molecular weight excluding hydrogens is 362 g/mol. The Balaban J connectivity index is 1.91. The maximum absolute atomic E-state index is 12.2. The SMILES string of the molecule is CC(C)CCC(=O)Nc1ccc(N2CCN(C(=O)CC(C)C)CC2)c(Cl)c1. The van der Waals surface area contributed by atoms with E-state index < -0.39 is 0 Å². The van der Waals surface area contributed by atoms with Crippen molar-refractivity contribution in [2.45, 2.75) is 47.0 Å². The second-order valence-corrected chi connectivity index (χ2v) is 8.52. The van der Waals surface area contributed by atoms with E-state index in [1.165, 1.54) is 0 Å². The summed E-state index contributed by atoms with van der Waals surface area (Å²) < 4.78 is 0. The maximum Gasteiger partial charge on any atom is 0.224 e. The lowest BCUT2D eigenvalue weighted by molar-refractivity contribution is -0.132. The van der Waals surface area contributed by atoms with Gasteiger partial charge in [0, 0.05) is 44.7 Å². The van der Waals surface area contributed by atoms with Crippen LogP contribution in [0.25, 0.3) is 0 Å². The molecule has 6 heteroatoms. The first kappa shape index (κ1) is 21.5. The number of hydrogen-bond acceptors (Lipinski definition) is 3. The zero-order chi connectivity index (χ0) is 20.0. The maximum atomic E-state index is 12.2. The summed E-state index contributed by atoms with van der Waals surface area (Å²) in [5.74, 6) is 1.14. The van der Waals surface area contributed by atoms with E-state index in [1.54, 1.807) is 6.07 Å². The first-order valence-electron chi connectivity index (χ1n) is 9.88. The molecule has 0 radical (unpaired) electrons. The summed E-state index contributed by atoms with van der Waals surface area (Å²) in [5, 5.41) is 3.54. The molecule has 1 N–H and O–H groups in total. The van der Waals surface area contributed by atoms with E-state index in [2.05, 4.69) is 37.9 Å². The molecule has 27 heavy (non-hydrogen) atoms. The second-order valence-electron chi connectivity index (χ2n) is 8.11. The van der Waals surface area contributed by atoms with E-state index in [4.69, 9.17) is 11.6 Å². The van der Waals surface area contributed by atoms with Crippen molar-refractivity contribution in [3.63, 3.8) is 0 Å². The number of amides is 2. The molecule has 5 nitrogen and oxygen atoms in total. The molecule has 1 aromatic rings. The van der Waals surface area contributed by atoms with Crippen LogP contribution in [0.15, 0.2) is 18.2 Å². The van der Waals surface area contributed by atoms with Crippen LogP contribution in [-0.4, -0.2) is 42.9 Å². The molecule has 2 amide bonds. The van der Waals surface area contributed by atoms with Gasteiger partial charge in [-0.25, -0.2) is 0 Å². The van der Waals surface area contributed by atoms with Crippen molar-refractivity contribution >= 4 is 34.8 Å². The molecule has 0 aliphatic carbocycles. The van der Waals surface area contributed by atoms with Crippen LogP contribution in [0, 0.1) is 11.8 Å². The first-order chi connectivity index (χ1) is 12.8. The van der Waals surface area contributed by atoms with Gasteiger partial charge < -0.3 is 15.1 Å². The Kier molecular flexibility index (Phi) is 7.96. The Bertz CT molecular complexity index is 653. The van der Waals surface area contributed by atoms with Crippen LogP contribution in [0.4, 0.5) is 11.4 Å². The Morgan fingerprint density at radius 3 is 2.30 bits per heavy atom. The quantitative estimate of drug-likeness (QED) is 0.746. The molecule has 0 bridgehead atoms. The van der Waals surface area contributed by atoms with Crippen LogP contribution in [0.5, 0.6) is 0 Å². The fourth-order valence-electron chi connectivity index (χ4n) is 3.16. The van der Waals surface area contributed by atoms with Gasteiger partial charge >= 0.3 is 0 Å². The number of nitrogens with zero attached hydrogens (tertiary/aromatic N) is 2. The minimum Gasteiger partial charge on any atom is -0.367 e. The largest absolute Gasteiger partial charge is 0.367 e. The number of hydrogen-bond donors (Lipinski definition) is 1. The normalized spacial score (nSPS) is 14.8.